The van der Waals surface area contributed by atoms with Crippen molar-refractivity contribution in [2.45, 2.75) is 50.0 Å². The molecule has 0 aliphatic heterocycles. The molecule has 4 aliphatic carbocycles. The van der Waals surface area contributed by atoms with Gasteiger partial charge in [0.2, 0.25) is 0 Å². The Morgan fingerprint density at radius 1 is 1.03 bits per heavy atom. The summed E-state index contributed by atoms with van der Waals surface area (Å²) in [6.07, 6.45) is 6.77. The van der Waals surface area contributed by atoms with E-state index in [0.717, 1.165) is 23.5 Å². The quantitative estimate of drug-likeness (QED) is 0.294. The summed E-state index contributed by atoms with van der Waals surface area (Å²) < 4.78 is 16.8. The van der Waals surface area contributed by atoms with Gasteiger partial charge in [-0.3, -0.25) is 0 Å². The maximum absolute atomic E-state index is 11.0. The van der Waals surface area contributed by atoms with E-state index in [1.165, 1.54) is 56.2 Å². The van der Waals surface area contributed by atoms with E-state index in [4.69, 9.17) is 19.3 Å². The van der Waals surface area contributed by atoms with Crippen LogP contribution in [0, 0.1) is 29.6 Å². The maximum Gasteiger partial charge on any atom is 0.335 e. The second-order valence-corrected chi connectivity index (χ2v) is 10.7. The van der Waals surface area contributed by atoms with Gasteiger partial charge in [0.05, 0.1) is 18.8 Å². The topological polar surface area (TPSA) is 85.2 Å². The first-order chi connectivity index (χ1) is 17.5. The van der Waals surface area contributed by atoms with Gasteiger partial charge in [-0.05, 0) is 97.6 Å². The number of carbonyl (C=O) groups is 1. The molecular weight excluding hydrogens is 456 g/mol. The zero-order valence-electron chi connectivity index (χ0n) is 20.7. The van der Waals surface area contributed by atoms with Crippen LogP contribution in [0.4, 0.5) is 0 Å². The number of benzene rings is 2. The molecule has 6 heteroatoms. The minimum atomic E-state index is -0.994. The smallest absolute Gasteiger partial charge is 0.335 e. The first kappa shape index (κ1) is 24.8. The van der Waals surface area contributed by atoms with Crippen LogP contribution >= 0.6 is 0 Å². The number of rotatable bonds is 9. The fourth-order valence-corrected chi connectivity index (χ4v) is 6.94. The van der Waals surface area contributed by atoms with E-state index < -0.39 is 12.1 Å². The van der Waals surface area contributed by atoms with Crippen molar-refractivity contribution in [2.75, 3.05) is 27.1 Å². The lowest BCUT2D eigenvalue weighted by Crippen LogP contribution is -2.48. The van der Waals surface area contributed by atoms with Gasteiger partial charge in [-0.15, -0.1) is 0 Å². The third kappa shape index (κ3) is 5.29. The summed E-state index contributed by atoms with van der Waals surface area (Å²) >= 11 is 0. The molecule has 1 atom stereocenters. The first-order valence-corrected chi connectivity index (χ1v) is 12.8. The van der Waals surface area contributed by atoms with Crippen LogP contribution in [-0.4, -0.2) is 43.3 Å². The van der Waals surface area contributed by atoms with Gasteiger partial charge >= 0.3 is 5.97 Å². The Hall–Kier alpha value is -2.85. The first-order valence-electron chi connectivity index (χ1n) is 12.8. The van der Waals surface area contributed by atoms with Crippen molar-refractivity contribution in [1.82, 2.24) is 0 Å². The Balaban J connectivity index is 1.38. The van der Waals surface area contributed by atoms with E-state index in [1.54, 1.807) is 19.2 Å². The van der Waals surface area contributed by atoms with E-state index in [2.05, 4.69) is 17.9 Å². The number of hydrogen-bond acceptors (Lipinski definition) is 5. The molecular formula is C30H34O6. The predicted octanol–water partition coefficient (Wildman–Crippen LogP) is 4.94. The normalized spacial score (nSPS) is 26.8. The van der Waals surface area contributed by atoms with Crippen LogP contribution in [0.25, 0.3) is 0 Å². The Labute approximate surface area is 212 Å². The number of carboxylic acid groups (broad SMARTS) is 1. The summed E-state index contributed by atoms with van der Waals surface area (Å²) in [5, 5.41) is 19.9. The predicted molar refractivity (Wildman–Crippen MR) is 135 cm³/mol. The lowest BCUT2D eigenvalue weighted by Gasteiger charge is -2.57. The molecule has 4 aliphatic rings. The number of aliphatic hydroxyl groups is 1. The van der Waals surface area contributed by atoms with Crippen molar-refractivity contribution in [2.24, 2.45) is 17.8 Å². The molecule has 190 valence electrons. The van der Waals surface area contributed by atoms with Gasteiger partial charge in [0.15, 0.2) is 6.79 Å². The molecule has 0 aromatic heterocycles. The molecule has 4 bridgehead atoms. The van der Waals surface area contributed by atoms with Crippen LogP contribution < -0.4 is 4.74 Å². The van der Waals surface area contributed by atoms with Gasteiger partial charge in [0, 0.05) is 18.2 Å². The van der Waals surface area contributed by atoms with E-state index in [-0.39, 0.29) is 17.8 Å². The molecule has 1 unspecified atom stereocenters. The fraction of sp³-hybridized carbons (Fsp3) is 0.500. The highest BCUT2D eigenvalue weighted by atomic mass is 16.7. The molecule has 0 heterocycles. The van der Waals surface area contributed by atoms with Crippen LogP contribution in [0.5, 0.6) is 5.75 Å². The second kappa shape index (κ2) is 10.6. The van der Waals surface area contributed by atoms with E-state index in [9.17, 15) is 9.90 Å². The van der Waals surface area contributed by atoms with Crippen LogP contribution in [0.15, 0.2) is 42.5 Å². The average molecular weight is 491 g/mol. The van der Waals surface area contributed by atoms with Crippen LogP contribution in [0.1, 0.15) is 71.7 Å². The minimum absolute atomic E-state index is 0.129. The molecule has 6 rings (SSSR count). The van der Waals surface area contributed by atoms with Crippen molar-refractivity contribution in [1.29, 1.82) is 0 Å². The summed E-state index contributed by atoms with van der Waals surface area (Å²) in [7, 11) is 1.64. The van der Waals surface area contributed by atoms with Gasteiger partial charge in [-0.25, -0.2) is 4.79 Å². The third-order valence-electron chi connectivity index (χ3n) is 8.15. The fourth-order valence-electron chi connectivity index (χ4n) is 6.94. The van der Waals surface area contributed by atoms with Crippen molar-refractivity contribution < 1.29 is 29.2 Å². The van der Waals surface area contributed by atoms with Gasteiger partial charge in [0.1, 0.15) is 11.9 Å². The lowest BCUT2D eigenvalue weighted by atomic mass is 9.48. The minimum Gasteiger partial charge on any atom is -0.478 e. The zero-order valence-corrected chi connectivity index (χ0v) is 20.7. The zero-order chi connectivity index (χ0) is 25.1. The van der Waals surface area contributed by atoms with E-state index in [0.29, 0.717) is 24.3 Å². The Kier molecular flexibility index (Phi) is 7.34. The van der Waals surface area contributed by atoms with Gasteiger partial charge in [-0.2, -0.15) is 0 Å². The molecule has 0 saturated heterocycles. The Morgan fingerprint density at radius 3 is 2.31 bits per heavy atom. The summed E-state index contributed by atoms with van der Waals surface area (Å²) in [5.74, 6) is 8.06. The summed E-state index contributed by atoms with van der Waals surface area (Å²) in [5.41, 5.74) is 2.91. The molecule has 0 radical (unpaired) electrons. The van der Waals surface area contributed by atoms with Crippen LogP contribution in [0.3, 0.4) is 0 Å². The SMILES string of the molecule is COCCOCOc1cc(C(O)C#Cc2ccc(C(=O)O)cc2)ccc1C12CC3CC(CC(C3)C1)C2. The number of ether oxygens (including phenoxy) is 3. The highest BCUT2D eigenvalue weighted by Gasteiger charge is 2.52. The molecule has 2 aromatic carbocycles. The number of hydrogen-bond donors (Lipinski definition) is 2. The third-order valence-corrected chi connectivity index (χ3v) is 8.15. The molecule has 0 amide bonds. The summed E-state index contributed by atoms with van der Waals surface area (Å²) in [6.45, 7) is 1.09. The standard InChI is InChI=1S/C30H34O6/c1-34-10-11-35-19-36-28-15-25(27(31)9-4-20-2-5-24(6-3-20)29(32)33)7-8-26(28)30-16-21-12-22(17-30)14-23(13-21)18-30/h2-3,5-8,15,21-23,27,31H,10-14,16-19H2,1H3,(H,32,33). The van der Waals surface area contributed by atoms with E-state index in [1.807, 2.05) is 12.1 Å². The van der Waals surface area contributed by atoms with Crippen molar-refractivity contribution in [3.63, 3.8) is 0 Å². The highest BCUT2D eigenvalue weighted by Crippen LogP contribution is 2.62. The number of aromatic carboxylic acids is 1. The molecule has 0 spiro atoms. The number of aliphatic hydroxyl groups excluding tert-OH is 1. The van der Waals surface area contributed by atoms with Gasteiger partial charge in [-0.1, -0.05) is 24.0 Å². The average Bonchev–Trinajstić information content (AvgIpc) is 2.86. The number of methoxy groups -OCH3 is 1. The summed E-state index contributed by atoms with van der Waals surface area (Å²) in [4.78, 5) is 11.0. The van der Waals surface area contributed by atoms with Gasteiger partial charge in [0.25, 0.3) is 0 Å². The Morgan fingerprint density at radius 2 is 1.69 bits per heavy atom. The van der Waals surface area contributed by atoms with Crippen molar-refractivity contribution >= 4 is 5.97 Å². The molecule has 2 aromatic rings. The van der Waals surface area contributed by atoms with Crippen LogP contribution in [0.2, 0.25) is 0 Å². The van der Waals surface area contributed by atoms with Crippen LogP contribution in [-0.2, 0) is 14.9 Å². The van der Waals surface area contributed by atoms with Gasteiger partial charge < -0.3 is 24.4 Å². The largest absolute Gasteiger partial charge is 0.478 e. The highest BCUT2D eigenvalue weighted by molar-refractivity contribution is 5.87. The molecule has 4 saturated carbocycles. The second-order valence-electron chi connectivity index (χ2n) is 10.7. The molecule has 4 fully saturated rings. The van der Waals surface area contributed by atoms with Crippen molar-refractivity contribution in [3.8, 4) is 17.6 Å². The Bertz CT molecular complexity index is 1110. The van der Waals surface area contributed by atoms with Crippen molar-refractivity contribution in [3.05, 3.63) is 64.7 Å². The molecule has 6 nitrogen and oxygen atoms in total. The lowest BCUT2D eigenvalue weighted by molar-refractivity contribution is -0.0190. The molecule has 36 heavy (non-hydrogen) atoms. The summed E-state index contributed by atoms with van der Waals surface area (Å²) in [6, 6.07) is 12.3. The monoisotopic (exact) mass is 490 g/mol. The maximum atomic E-state index is 11.0. The number of carboxylic acids is 1. The van der Waals surface area contributed by atoms with E-state index >= 15 is 0 Å². The molecule has 2 N–H and O–H groups in total.